The molecule has 7 nitrogen and oxygen atoms in total. The molecule has 1 aliphatic carbocycles. The average Bonchev–Trinajstić information content (AvgIpc) is 3.20. The highest BCUT2D eigenvalue weighted by Gasteiger charge is 2.46. The fourth-order valence-electron chi connectivity index (χ4n) is 3.19. The minimum absolute atomic E-state index is 0.186. The van der Waals surface area contributed by atoms with Gasteiger partial charge < -0.3 is 20.1 Å². The Bertz CT molecular complexity index is 570. The number of aliphatic carboxylic acids is 1. The Hall–Kier alpha value is -1.70. The van der Waals surface area contributed by atoms with Gasteiger partial charge in [0, 0.05) is 18.0 Å². The zero-order valence-electron chi connectivity index (χ0n) is 14.9. The number of alkyl carbamates (subject to hydrolysis) is 1. The van der Waals surface area contributed by atoms with Gasteiger partial charge in [0.1, 0.15) is 5.60 Å². The summed E-state index contributed by atoms with van der Waals surface area (Å²) < 4.78 is 5.12. The van der Waals surface area contributed by atoms with Gasteiger partial charge in [-0.15, -0.1) is 0 Å². The lowest BCUT2D eigenvalue weighted by Crippen LogP contribution is -2.59. The van der Waals surface area contributed by atoms with E-state index in [4.69, 9.17) is 17.0 Å². The highest BCUT2D eigenvalue weighted by atomic mass is 32.1. The highest BCUT2D eigenvalue weighted by molar-refractivity contribution is 7.79. The van der Waals surface area contributed by atoms with Gasteiger partial charge in [-0.25, -0.2) is 9.59 Å². The lowest BCUT2D eigenvalue weighted by atomic mass is 9.96. The number of hydrogen-bond acceptors (Lipinski definition) is 5. The van der Waals surface area contributed by atoms with E-state index in [2.05, 4.69) is 5.32 Å². The van der Waals surface area contributed by atoms with Gasteiger partial charge in [0.05, 0.1) is 6.42 Å². The normalized spacial score (nSPS) is 22.8. The molecule has 2 rings (SSSR count). The Morgan fingerprint density at radius 3 is 2.40 bits per heavy atom. The third-order valence-corrected chi connectivity index (χ3v) is 4.92. The van der Waals surface area contributed by atoms with Crippen LogP contribution in [0.4, 0.5) is 4.79 Å². The molecule has 1 heterocycles. The van der Waals surface area contributed by atoms with Crippen molar-refractivity contribution in [1.29, 1.82) is 0 Å². The van der Waals surface area contributed by atoms with Gasteiger partial charge in [0.2, 0.25) is 5.91 Å². The van der Waals surface area contributed by atoms with E-state index in [1.54, 1.807) is 25.7 Å². The van der Waals surface area contributed by atoms with Gasteiger partial charge in [-0.05, 0) is 52.4 Å². The number of carbonyl (C=O) groups is 3. The van der Waals surface area contributed by atoms with Gasteiger partial charge in [-0.3, -0.25) is 4.79 Å². The van der Waals surface area contributed by atoms with Gasteiger partial charge >= 0.3 is 12.1 Å². The first-order valence-electron chi connectivity index (χ1n) is 8.58. The second kappa shape index (κ2) is 7.27. The third kappa shape index (κ3) is 4.90. The van der Waals surface area contributed by atoms with Crippen LogP contribution in [0.25, 0.3) is 0 Å². The largest absolute Gasteiger partial charge is 0.479 e. The van der Waals surface area contributed by atoms with Crippen molar-refractivity contribution in [2.24, 2.45) is 5.92 Å². The summed E-state index contributed by atoms with van der Waals surface area (Å²) in [5.74, 6) is -1.14. The van der Waals surface area contributed by atoms with Gasteiger partial charge in [-0.1, -0.05) is 12.2 Å². The molecule has 2 atom stereocenters. The molecule has 2 amide bonds. The molecule has 1 saturated carbocycles. The predicted octanol–water partition coefficient (Wildman–Crippen LogP) is 2.13. The molecule has 0 aromatic heterocycles. The van der Waals surface area contributed by atoms with Crippen LogP contribution in [-0.4, -0.2) is 57.1 Å². The summed E-state index contributed by atoms with van der Waals surface area (Å²) in [6.45, 7) is 5.63. The van der Waals surface area contributed by atoms with Gasteiger partial charge in [0.15, 0.2) is 5.54 Å². The van der Waals surface area contributed by atoms with Crippen molar-refractivity contribution in [3.8, 4) is 0 Å². The number of carbonyl (C=O) groups excluding carboxylic acids is 2. The van der Waals surface area contributed by atoms with Crippen molar-refractivity contribution >= 4 is 35.6 Å². The molecule has 2 N–H and O–H groups in total. The summed E-state index contributed by atoms with van der Waals surface area (Å²) in [7, 11) is 0. The number of thiocarbonyl (C=S) groups is 1. The van der Waals surface area contributed by atoms with Crippen molar-refractivity contribution in [2.45, 2.75) is 70.1 Å². The average molecular weight is 370 g/mol. The molecule has 0 bridgehead atoms. The number of rotatable bonds is 6. The highest BCUT2D eigenvalue weighted by Crippen LogP contribution is 2.40. The maximum absolute atomic E-state index is 12.7. The second-order valence-electron chi connectivity index (χ2n) is 7.83. The van der Waals surface area contributed by atoms with Crippen LogP contribution in [-0.2, 0) is 14.3 Å². The Labute approximate surface area is 153 Å². The molecule has 2 fully saturated rings. The fraction of sp³-hybridized carbons (Fsp3) is 0.765. The van der Waals surface area contributed by atoms with Crippen LogP contribution >= 0.6 is 12.2 Å². The van der Waals surface area contributed by atoms with E-state index in [1.807, 2.05) is 0 Å². The first-order valence-corrected chi connectivity index (χ1v) is 9.05. The molecule has 2 aliphatic rings. The molecule has 0 spiro atoms. The number of amides is 2. The van der Waals surface area contributed by atoms with Crippen molar-refractivity contribution in [3.63, 3.8) is 0 Å². The van der Waals surface area contributed by atoms with Crippen LogP contribution < -0.4 is 5.32 Å². The lowest BCUT2D eigenvalue weighted by molar-refractivity contribution is -0.146. The zero-order valence-corrected chi connectivity index (χ0v) is 15.7. The molecule has 0 aromatic rings. The number of hydrogen-bond donors (Lipinski definition) is 2. The van der Waals surface area contributed by atoms with E-state index in [1.165, 1.54) is 0 Å². The molecular formula is C17H26N2O5S. The number of likely N-dealkylation sites (tertiary alicyclic amines) is 1. The first kappa shape index (κ1) is 19.6. The molecule has 1 saturated heterocycles. The number of nitrogens with zero attached hydrogens (tertiary/aromatic N) is 1. The molecule has 0 radical (unpaired) electrons. The standard InChI is InChI=1S/C17H26N2O5S/c1-16(2,3)24-15(23)18-17(10-25,14(21)22)9-13(20)19-8-4-5-12(19)11-6-7-11/h10-12H,4-9H2,1-3H3,(H,18,23)(H,21,22). The summed E-state index contributed by atoms with van der Waals surface area (Å²) >= 11 is 4.86. The van der Waals surface area contributed by atoms with E-state index in [9.17, 15) is 19.5 Å². The minimum atomic E-state index is -1.95. The molecule has 25 heavy (non-hydrogen) atoms. The predicted molar refractivity (Wildman–Crippen MR) is 95.5 cm³/mol. The third-order valence-electron chi connectivity index (χ3n) is 4.52. The molecule has 2 unspecified atom stereocenters. The molecule has 8 heteroatoms. The fourth-order valence-corrected chi connectivity index (χ4v) is 3.44. The van der Waals surface area contributed by atoms with Crippen molar-refractivity contribution in [3.05, 3.63) is 0 Å². The summed E-state index contributed by atoms with van der Waals surface area (Å²) in [5, 5.41) is 12.8. The Kier molecular flexibility index (Phi) is 5.71. The topological polar surface area (TPSA) is 95.9 Å². The maximum Gasteiger partial charge on any atom is 0.408 e. The molecular weight excluding hydrogens is 344 g/mol. The minimum Gasteiger partial charge on any atom is -0.479 e. The molecule has 140 valence electrons. The smallest absolute Gasteiger partial charge is 0.408 e. The summed E-state index contributed by atoms with van der Waals surface area (Å²) in [6, 6.07) is 0.186. The number of carboxylic acid groups (broad SMARTS) is 1. The Morgan fingerprint density at radius 2 is 1.92 bits per heavy atom. The van der Waals surface area contributed by atoms with E-state index in [0.29, 0.717) is 12.5 Å². The Balaban J connectivity index is 2.10. The van der Waals surface area contributed by atoms with Crippen LogP contribution in [0.5, 0.6) is 0 Å². The van der Waals surface area contributed by atoms with Crippen LogP contribution in [0, 0.1) is 5.92 Å². The monoisotopic (exact) mass is 370 g/mol. The van der Waals surface area contributed by atoms with Crippen LogP contribution in [0.15, 0.2) is 0 Å². The van der Waals surface area contributed by atoms with Gasteiger partial charge in [0.25, 0.3) is 0 Å². The van der Waals surface area contributed by atoms with E-state index >= 15 is 0 Å². The van der Waals surface area contributed by atoms with E-state index < -0.39 is 29.6 Å². The van der Waals surface area contributed by atoms with Crippen LogP contribution in [0.3, 0.4) is 0 Å². The molecule has 1 aliphatic heterocycles. The number of ether oxygens (including phenoxy) is 1. The summed E-state index contributed by atoms with van der Waals surface area (Å²) in [4.78, 5) is 38.3. The number of carboxylic acids is 1. The van der Waals surface area contributed by atoms with Crippen LogP contribution in [0.2, 0.25) is 0 Å². The van der Waals surface area contributed by atoms with Crippen molar-refractivity contribution in [1.82, 2.24) is 10.2 Å². The van der Waals surface area contributed by atoms with E-state index in [0.717, 1.165) is 31.1 Å². The SMILES string of the molecule is CC(C)(C)OC(=O)NC(C=S)(CC(=O)N1CCCC1C1CC1)C(=O)O. The Morgan fingerprint density at radius 1 is 1.28 bits per heavy atom. The number of nitrogens with one attached hydrogen (secondary N) is 1. The van der Waals surface area contributed by atoms with Crippen LogP contribution in [0.1, 0.15) is 52.9 Å². The summed E-state index contributed by atoms with van der Waals surface area (Å²) in [6.07, 6.45) is 2.78. The van der Waals surface area contributed by atoms with Crippen molar-refractivity contribution < 1.29 is 24.2 Å². The second-order valence-corrected chi connectivity index (χ2v) is 8.07. The lowest BCUT2D eigenvalue weighted by Gasteiger charge is -2.31. The first-order chi connectivity index (χ1) is 11.6. The van der Waals surface area contributed by atoms with Crippen molar-refractivity contribution in [2.75, 3.05) is 6.54 Å². The van der Waals surface area contributed by atoms with Gasteiger partial charge in [-0.2, -0.15) is 0 Å². The maximum atomic E-state index is 12.7. The summed E-state index contributed by atoms with van der Waals surface area (Å²) in [5.41, 5.74) is -2.74. The molecule has 0 aromatic carbocycles. The van der Waals surface area contributed by atoms with E-state index in [-0.39, 0.29) is 11.9 Å². The quantitative estimate of drug-likeness (QED) is 0.696. The zero-order chi connectivity index (χ0) is 18.8.